The van der Waals surface area contributed by atoms with Gasteiger partial charge in [0.05, 0.1) is 31.7 Å². The summed E-state index contributed by atoms with van der Waals surface area (Å²) in [7, 11) is 3.03. The van der Waals surface area contributed by atoms with Crippen LogP contribution in [0.4, 0.5) is 14.9 Å². The Bertz CT molecular complexity index is 1640. The van der Waals surface area contributed by atoms with E-state index in [0.717, 1.165) is 10.2 Å². The minimum absolute atomic E-state index is 0.0917. The summed E-state index contributed by atoms with van der Waals surface area (Å²) in [4.78, 5) is 39.6. The van der Waals surface area contributed by atoms with Gasteiger partial charge in [-0.1, -0.05) is 12.1 Å². The number of carbonyl (C=O) groups is 2. The van der Waals surface area contributed by atoms with Crippen molar-refractivity contribution in [3.8, 4) is 17.2 Å². The average Bonchev–Trinajstić information content (AvgIpc) is 3.40. The molecule has 0 aliphatic carbocycles. The van der Waals surface area contributed by atoms with Gasteiger partial charge in [0.25, 0.3) is 11.5 Å². The van der Waals surface area contributed by atoms with E-state index in [9.17, 15) is 18.8 Å². The Kier molecular flexibility index (Phi) is 7.94. The zero-order chi connectivity index (χ0) is 28.9. The second-order valence-corrected chi connectivity index (χ2v) is 9.24. The molecule has 0 bridgehead atoms. The lowest BCUT2D eigenvalue weighted by Crippen LogP contribution is -2.50. The maximum Gasteiger partial charge on any atom is 0.342 e. The van der Waals surface area contributed by atoms with E-state index in [0.29, 0.717) is 34.9 Å². The van der Waals surface area contributed by atoms with E-state index in [1.54, 1.807) is 37.4 Å². The summed E-state index contributed by atoms with van der Waals surface area (Å²) in [5, 5.41) is 10.8. The number of hydrogen-bond donors (Lipinski definition) is 1. The molecule has 4 aromatic rings. The normalized spacial score (nSPS) is 14.6. The zero-order valence-corrected chi connectivity index (χ0v) is 22.3. The molecule has 41 heavy (non-hydrogen) atoms. The van der Waals surface area contributed by atoms with E-state index in [-0.39, 0.29) is 31.1 Å². The number of amides is 2. The van der Waals surface area contributed by atoms with Crippen LogP contribution in [0.15, 0.2) is 71.9 Å². The van der Waals surface area contributed by atoms with Crippen LogP contribution in [0.3, 0.4) is 0 Å². The molecule has 2 amide bonds. The number of nitrogens with one attached hydrogen (secondary N) is 1. The van der Waals surface area contributed by atoms with E-state index < -0.39 is 18.0 Å². The van der Waals surface area contributed by atoms with Crippen LogP contribution in [-0.4, -0.2) is 64.9 Å². The predicted molar refractivity (Wildman–Crippen MR) is 145 cm³/mol. The van der Waals surface area contributed by atoms with E-state index in [1.807, 2.05) is 0 Å². The molecule has 1 N–H and O–H groups in total. The number of hydrogen-bond acceptors (Lipinski definition) is 8. The minimum atomic E-state index is -0.979. The van der Waals surface area contributed by atoms with Crippen molar-refractivity contribution in [1.29, 1.82) is 0 Å². The molecule has 2 aromatic heterocycles. The Hall–Kier alpha value is -5.20. The number of halogens is 1. The first-order valence-corrected chi connectivity index (χ1v) is 12.7. The van der Waals surface area contributed by atoms with Crippen LogP contribution in [0.25, 0.3) is 0 Å². The molecular formula is C28H27FN6O6. The summed E-state index contributed by atoms with van der Waals surface area (Å²) in [6.45, 7) is 0.266. The zero-order valence-electron chi connectivity index (χ0n) is 22.3. The first kappa shape index (κ1) is 27.4. The van der Waals surface area contributed by atoms with E-state index in [2.05, 4.69) is 15.5 Å². The van der Waals surface area contributed by atoms with Gasteiger partial charge in [0.15, 0.2) is 0 Å². The molecule has 13 heteroatoms. The third-order valence-corrected chi connectivity index (χ3v) is 6.42. The summed E-state index contributed by atoms with van der Waals surface area (Å²) in [5.41, 5.74) is 1.59. The Labute approximate surface area is 233 Å². The molecular weight excluding hydrogens is 535 g/mol. The van der Waals surface area contributed by atoms with E-state index >= 15 is 0 Å². The number of anilines is 1. The average molecular weight is 563 g/mol. The Balaban J connectivity index is 1.20. The highest BCUT2D eigenvalue weighted by Crippen LogP contribution is 2.34. The number of likely N-dealkylation sites (N-methyl/N-ethyl adjacent to an activating group) is 1. The van der Waals surface area contributed by atoms with Crippen LogP contribution in [0, 0.1) is 5.82 Å². The maximum absolute atomic E-state index is 13.5. The Morgan fingerprint density at radius 2 is 1.95 bits per heavy atom. The Morgan fingerprint density at radius 3 is 2.73 bits per heavy atom. The maximum atomic E-state index is 13.5. The van der Waals surface area contributed by atoms with Crippen molar-refractivity contribution in [1.82, 2.24) is 24.9 Å². The van der Waals surface area contributed by atoms with Crippen LogP contribution in [0.2, 0.25) is 0 Å². The van der Waals surface area contributed by atoms with Gasteiger partial charge in [-0.15, -0.1) is 0 Å². The third-order valence-electron chi connectivity index (χ3n) is 6.42. The molecule has 5 rings (SSSR count). The molecule has 0 saturated carbocycles. The number of rotatable bonds is 8. The number of nitrogens with zero attached hydrogens (tertiary/aromatic N) is 5. The van der Waals surface area contributed by atoms with Gasteiger partial charge in [0.1, 0.15) is 42.3 Å². The molecule has 212 valence electrons. The highest BCUT2D eigenvalue weighted by molar-refractivity contribution is 6.00. The standard InChI is InChI=1S/C28H27FN6O6/c1-33-24-12-21(40-9-8-34-26(36)13-22(39-2)15-31-34)6-7-25(24)41-17-23(27(33)37)32-28(38)35-16-19(14-30-35)10-18-4-3-5-20(29)11-18/h3-7,11-16,23H,8-10,17H2,1-2H3,(H,32,38)/t23-/m0/s1. The van der Waals surface area contributed by atoms with E-state index in [4.69, 9.17) is 14.2 Å². The number of aromatic nitrogens is 4. The fourth-order valence-corrected chi connectivity index (χ4v) is 4.28. The summed E-state index contributed by atoms with van der Waals surface area (Å²) in [6.07, 6.45) is 4.88. The molecule has 0 unspecified atom stereocenters. The lowest BCUT2D eigenvalue weighted by atomic mass is 10.1. The van der Waals surface area contributed by atoms with Gasteiger partial charge in [-0.2, -0.15) is 14.9 Å². The molecule has 2 aromatic carbocycles. The van der Waals surface area contributed by atoms with Crippen molar-refractivity contribution >= 4 is 17.6 Å². The van der Waals surface area contributed by atoms with Crippen molar-refractivity contribution in [2.24, 2.45) is 0 Å². The lowest BCUT2D eigenvalue weighted by molar-refractivity contribution is -0.120. The fourth-order valence-electron chi connectivity index (χ4n) is 4.28. The second-order valence-electron chi connectivity index (χ2n) is 9.24. The fraction of sp³-hybridized carbons (Fsp3) is 0.250. The SMILES string of the molecule is COc1cnn(CCOc2ccc3c(c2)N(C)C(=O)[C@@H](NC(=O)n2cc(Cc4cccc(F)c4)cn2)CO3)c(=O)c1. The molecule has 12 nitrogen and oxygen atoms in total. The van der Waals surface area contributed by atoms with Crippen LogP contribution in [0.1, 0.15) is 11.1 Å². The minimum Gasteiger partial charge on any atom is -0.495 e. The number of carbonyl (C=O) groups excluding carboxylic acids is 2. The summed E-state index contributed by atoms with van der Waals surface area (Å²) in [6, 6.07) is 10.9. The summed E-state index contributed by atoms with van der Waals surface area (Å²) >= 11 is 0. The third kappa shape index (κ3) is 6.35. The van der Waals surface area contributed by atoms with Gasteiger partial charge >= 0.3 is 6.03 Å². The van der Waals surface area contributed by atoms with Gasteiger partial charge < -0.3 is 24.4 Å². The summed E-state index contributed by atoms with van der Waals surface area (Å²) in [5.74, 6) is 0.532. The smallest absolute Gasteiger partial charge is 0.342 e. The highest BCUT2D eigenvalue weighted by atomic mass is 19.1. The van der Waals surface area contributed by atoms with Crippen molar-refractivity contribution in [2.45, 2.75) is 19.0 Å². The summed E-state index contributed by atoms with van der Waals surface area (Å²) < 4.78 is 32.4. The second kappa shape index (κ2) is 11.9. The molecule has 0 spiro atoms. The number of ether oxygens (including phenoxy) is 3. The first-order chi connectivity index (χ1) is 19.8. The van der Waals surface area contributed by atoms with Crippen molar-refractivity contribution in [3.63, 3.8) is 0 Å². The molecule has 0 fully saturated rings. The number of benzene rings is 2. The molecule has 0 saturated heterocycles. The Morgan fingerprint density at radius 1 is 1.10 bits per heavy atom. The highest BCUT2D eigenvalue weighted by Gasteiger charge is 2.31. The van der Waals surface area contributed by atoms with Gasteiger partial charge in [-0.05, 0) is 35.4 Å². The van der Waals surface area contributed by atoms with Crippen LogP contribution >= 0.6 is 0 Å². The van der Waals surface area contributed by atoms with E-state index in [1.165, 1.54) is 53.5 Å². The van der Waals surface area contributed by atoms with Crippen molar-refractivity contribution in [3.05, 3.63) is 94.4 Å². The quantitative estimate of drug-likeness (QED) is 0.346. The van der Waals surface area contributed by atoms with Gasteiger partial charge in [0.2, 0.25) is 0 Å². The topological polar surface area (TPSA) is 130 Å². The monoisotopic (exact) mass is 562 g/mol. The largest absolute Gasteiger partial charge is 0.495 e. The number of fused-ring (bicyclic) bond motifs is 1. The first-order valence-electron chi connectivity index (χ1n) is 12.7. The van der Waals surface area contributed by atoms with Gasteiger partial charge in [0, 0.05) is 31.8 Å². The number of methoxy groups -OCH3 is 1. The molecule has 1 aliphatic heterocycles. The van der Waals surface area contributed by atoms with Gasteiger partial charge in [-0.25, -0.2) is 13.9 Å². The molecule has 1 atom stereocenters. The predicted octanol–water partition coefficient (Wildman–Crippen LogP) is 2.24. The van der Waals surface area contributed by atoms with Crippen molar-refractivity contribution in [2.75, 3.05) is 32.3 Å². The molecule has 0 radical (unpaired) electrons. The molecule has 1 aliphatic rings. The molecule has 3 heterocycles. The van der Waals surface area contributed by atoms with Crippen LogP contribution in [0.5, 0.6) is 17.2 Å². The van der Waals surface area contributed by atoms with Crippen LogP contribution in [-0.2, 0) is 17.8 Å². The lowest BCUT2D eigenvalue weighted by Gasteiger charge is -2.20. The van der Waals surface area contributed by atoms with Crippen LogP contribution < -0.4 is 30.0 Å². The van der Waals surface area contributed by atoms with Crippen molar-refractivity contribution < 1.29 is 28.2 Å². The van der Waals surface area contributed by atoms with Gasteiger partial charge in [-0.3, -0.25) is 9.59 Å².